The van der Waals surface area contributed by atoms with Crippen molar-refractivity contribution >= 4 is 22.2 Å². The van der Waals surface area contributed by atoms with E-state index in [-0.39, 0.29) is 18.0 Å². The number of carbonyl (C=O) groups is 1. The Labute approximate surface area is 125 Å². The molecule has 106 valence electrons. The van der Waals surface area contributed by atoms with Crippen LogP contribution in [0.3, 0.4) is 0 Å². The summed E-state index contributed by atoms with van der Waals surface area (Å²) in [4.78, 5) is 17.5. The van der Waals surface area contributed by atoms with Crippen LogP contribution in [-0.4, -0.2) is 21.3 Å². The van der Waals surface area contributed by atoms with Gasteiger partial charge < -0.3 is 11.1 Å². The van der Waals surface area contributed by atoms with Gasteiger partial charge in [0.05, 0.1) is 12.1 Å². The fourth-order valence-electron chi connectivity index (χ4n) is 2.85. The predicted octanol–water partition coefficient (Wildman–Crippen LogP) is 1.75. The molecule has 2 unspecified atom stereocenters. The normalized spacial score (nSPS) is 20.6. The standard InChI is InChI=1S/C15H14N4OS/c16-13-10-4-2-1-3-9(10)7-11(13)17-14(20)12-8-19-5-6-21-15(19)18-12/h1-6,8,11,13H,7,16H2,(H,17,20). The van der Waals surface area contributed by atoms with Crippen molar-refractivity contribution in [1.82, 2.24) is 14.7 Å². The third-order valence-electron chi connectivity index (χ3n) is 3.93. The number of amides is 1. The zero-order chi connectivity index (χ0) is 14.4. The van der Waals surface area contributed by atoms with Gasteiger partial charge in [0.2, 0.25) is 0 Å². The third-order valence-corrected chi connectivity index (χ3v) is 4.70. The summed E-state index contributed by atoms with van der Waals surface area (Å²) < 4.78 is 1.85. The van der Waals surface area contributed by atoms with E-state index in [1.807, 2.05) is 34.2 Å². The van der Waals surface area contributed by atoms with E-state index >= 15 is 0 Å². The number of nitrogens with zero attached hydrogens (tertiary/aromatic N) is 2. The highest BCUT2D eigenvalue weighted by Gasteiger charge is 2.31. The van der Waals surface area contributed by atoms with Crippen molar-refractivity contribution in [1.29, 1.82) is 0 Å². The van der Waals surface area contributed by atoms with Gasteiger partial charge in [-0.25, -0.2) is 4.98 Å². The molecule has 1 aliphatic carbocycles. The number of nitrogens with two attached hydrogens (primary N) is 1. The van der Waals surface area contributed by atoms with Crippen LogP contribution in [0.4, 0.5) is 0 Å². The number of carbonyl (C=O) groups excluding carboxylic acids is 1. The molecular weight excluding hydrogens is 284 g/mol. The minimum atomic E-state index is -0.167. The minimum Gasteiger partial charge on any atom is -0.346 e. The van der Waals surface area contributed by atoms with E-state index in [0.29, 0.717) is 5.69 Å². The fourth-order valence-corrected chi connectivity index (χ4v) is 3.55. The van der Waals surface area contributed by atoms with Gasteiger partial charge in [-0.15, -0.1) is 11.3 Å². The molecule has 0 fully saturated rings. The maximum atomic E-state index is 12.3. The predicted molar refractivity (Wildman–Crippen MR) is 81.4 cm³/mol. The molecule has 2 heterocycles. The van der Waals surface area contributed by atoms with Gasteiger partial charge in [-0.3, -0.25) is 9.20 Å². The molecule has 3 N–H and O–H groups in total. The number of benzene rings is 1. The largest absolute Gasteiger partial charge is 0.346 e. The van der Waals surface area contributed by atoms with Crippen LogP contribution in [-0.2, 0) is 6.42 Å². The molecule has 0 spiro atoms. The lowest BCUT2D eigenvalue weighted by Crippen LogP contribution is -2.40. The van der Waals surface area contributed by atoms with E-state index < -0.39 is 0 Å². The molecule has 0 saturated heterocycles. The van der Waals surface area contributed by atoms with Gasteiger partial charge in [-0.05, 0) is 17.5 Å². The first-order valence-corrected chi connectivity index (χ1v) is 7.67. The zero-order valence-electron chi connectivity index (χ0n) is 11.2. The van der Waals surface area contributed by atoms with Gasteiger partial charge in [0, 0.05) is 17.8 Å². The third kappa shape index (κ3) is 2.03. The van der Waals surface area contributed by atoms with Crippen LogP contribution in [0.2, 0.25) is 0 Å². The van der Waals surface area contributed by atoms with Crippen LogP contribution in [0.5, 0.6) is 0 Å². The van der Waals surface area contributed by atoms with Gasteiger partial charge >= 0.3 is 0 Å². The summed E-state index contributed by atoms with van der Waals surface area (Å²) >= 11 is 1.51. The Bertz CT molecular complexity index is 793. The van der Waals surface area contributed by atoms with Crippen molar-refractivity contribution in [3.8, 4) is 0 Å². The summed E-state index contributed by atoms with van der Waals surface area (Å²) in [6.45, 7) is 0. The van der Waals surface area contributed by atoms with Gasteiger partial charge in [0.15, 0.2) is 4.96 Å². The Morgan fingerprint density at radius 3 is 3.10 bits per heavy atom. The van der Waals surface area contributed by atoms with Crippen molar-refractivity contribution in [3.63, 3.8) is 0 Å². The second-order valence-corrected chi connectivity index (χ2v) is 6.10. The van der Waals surface area contributed by atoms with Crippen LogP contribution in [0.15, 0.2) is 42.0 Å². The van der Waals surface area contributed by atoms with E-state index in [1.54, 1.807) is 6.20 Å². The fraction of sp³-hybridized carbons (Fsp3) is 0.200. The molecule has 5 nitrogen and oxygen atoms in total. The lowest BCUT2D eigenvalue weighted by Gasteiger charge is -2.17. The quantitative estimate of drug-likeness (QED) is 0.757. The number of rotatable bonds is 2. The number of nitrogens with one attached hydrogen (secondary N) is 1. The molecule has 4 rings (SSSR count). The first-order valence-electron chi connectivity index (χ1n) is 6.79. The topological polar surface area (TPSA) is 72.4 Å². The minimum absolute atomic E-state index is 0.0744. The Hall–Kier alpha value is -2.18. The van der Waals surface area contributed by atoms with Crippen molar-refractivity contribution in [2.75, 3.05) is 0 Å². The van der Waals surface area contributed by atoms with Crippen molar-refractivity contribution < 1.29 is 4.79 Å². The van der Waals surface area contributed by atoms with Gasteiger partial charge in [-0.2, -0.15) is 0 Å². The molecule has 2 atom stereocenters. The number of aromatic nitrogens is 2. The van der Waals surface area contributed by atoms with E-state index in [0.717, 1.165) is 16.9 Å². The molecule has 1 amide bonds. The van der Waals surface area contributed by atoms with Crippen molar-refractivity contribution in [2.24, 2.45) is 5.73 Å². The number of fused-ring (bicyclic) bond motifs is 2. The van der Waals surface area contributed by atoms with Crippen LogP contribution in [0, 0.1) is 0 Å². The second kappa shape index (κ2) is 4.68. The molecule has 21 heavy (non-hydrogen) atoms. The maximum Gasteiger partial charge on any atom is 0.271 e. The Morgan fingerprint density at radius 2 is 2.29 bits per heavy atom. The van der Waals surface area contributed by atoms with Crippen LogP contribution >= 0.6 is 11.3 Å². The number of thiazole rings is 1. The number of hydrogen-bond donors (Lipinski definition) is 2. The molecule has 3 aromatic rings. The van der Waals surface area contributed by atoms with Gasteiger partial charge in [0.1, 0.15) is 5.69 Å². The number of hydrogen-bond acceptors (Lipinski definition) is 4. The zero-order valence-corrected chi connectivity index (χ0v) is 12.0. The van der Waals surface area contributed by atoms with Crippen LogP contribution < -0.4 is 11.1 Å². The Kier molecular flexibility index (Phi) is 2.80. The summed E-state index contributed by atoms with van der Waals surface area (Å²) in [5, 5.41) is 4.95. The molecule has 0 aliphatic heterocycles. The molecule has 0 bridgehead atoms. The monoisotopic (exact) mass is 298 g/mol. The molecule has 0 radical (unpaired) electrons. The lowest BCUT2D eigenvalue weighted by molar-refractivity contribution is 0.0929. The molecule has 1 aromatic carbocycles. The summed E-state index contributed by atoms with van der Waals surface area (Å²) in [5.74, 6) is -0.167. The highest BCUT2D eigenvalue weighted by molar-refractivity contribution is 7.15. The summed E-state index contributed by atoms with van der Waals surface area (Å²) in [6, 6.07) is 7.83. The maximum absolute atomic E-state index is 12.3. The number of imidazole rings is 1. The summed E-state index contributed by atoms with van der Waals surface area (Å²) in [6.07, 6.45) is 4.40. The highest BCUT2D eigenvalue weighted by Crippen LogP contribution is 2.29. The Balaban J connectivity index is 1.54. The average molecular weight is 298 g/mol. The van der Waals surface area contributed by atoms with Crippen LogP contribution in [0.25, 0.3) is 4.96 Å². The molecule has 0 saturated carbocycles. The average Bonchev–Trinajstić information content (AvgIpc) is 3.13. The summed E-state index contributed by atoms with van der Waals surface area (Å²) in [7, 11) is 0. The van der Waals surface area contributed by atoms with Gasteiger partial charge in [-0.1, -0.05) is 24.3 Å². The smallest absolute Gasteiger partial charge is 0.271 e. The molecule has 1 aliphatic rings. The van der Waals surface area contributed by atoms with Crippen LogP contribution in [0.1, 0.15) is 27.7 Å². The second-order valence-electron chi connectivity index (χ2n) is 5.23. The molecule has 2 aromatic heterocycles. The van der Waals surface area contributed by atoms with Crippen molar-refractivity contribution in [3.05, 3.63) is 58.9 Å². The molecule has 6 heteroatoms. The van der Waals surface area contributed by atoms with Gasteiger partial charge in [0.25, 0.3) is 5.91 Å². The van der Waals surface area contributed by atoms with Crippen molar-refractivity contribution in [2.45, 2.75) is 18.5 Å². The van der Waals surface area contributed by atoms with E-state index in [1.165, 1.54) is 16.9 Å². The first kappa shape index (κ1) is 12.6. The Morgan fingerprint density at radius 1 is 1.43 bits per heavy atom. The van der Waals surface area contributed by atoms with E-state index in [9.17, 15) is 4.79 Å². The molecular formula is C15H14N4OS. The first-order chi connectivity index (χ1) is 10.2. The lowest BCUT2D eigenvalue weighted by atomic mass is 10.1. The SMILES string of the molecule is NC1c2ccccc2CC1NC(=O)c1cn2ccsc2n1. The van der Waals surface area contributed by atoms with E-state index in [2.05, 4.69) is 16.4 Å². The summed E-state index contributed by atoms with van der Waals surface area (Å²) in [5.41, 5.74) is 9.00. The van der Waals surface area contributed by atoms with E-state index in [4.69, 9.17) is 5.73 Å². The highest BCUT2D eigenvalue weighted by atomic mass is 32.1.